The highest BCUT2D eigenvalue weighted by atomic mass is 35.5. The molecule has 2 aliphatic rings. The lowest BCUT2D eigenvalue weighted by Crippen LogP contribution is -2.40. The third-order valence-corrected chi connectivity index (χ3v) is 5.15. The van der Waals surface area contributed by atoms with Crippen molar-refractivity contribution in [3.63, 3.8) is 0 Å². The highest BCUT2D eigenvalue weighted by molar-refractivity contribution is 6.42. The maximum atomic E-state index is 12.5. The molecule has 2 N–H and O–H groups in total. The summed E-state index contributed by atoms with van der Waals surface area (Å²) >= 11 is 12.0. The number of hydrogen-bond donors (Lipinski definition) is 1. The van der Waals surface area contributed by atoms with Gasteiger partial charge in [0.2, 0.25) is 5.91 Å². The van der Waals surface area contributed by atoms with Crippen LogP contribution in [0.2, 0.25) is 10.0 Å². The Kier molecular flexibility index (Phi) is 3.93. The normalized spacial score (nSPS) is 28.8. The number of amides is 1. The van der Waals surface area contributed by atoms with Gasteiger partial charge in [-0.1, -0.05) is 29.3 Å². The zero-order chi connectivity index (χ0) is 14.3. The number of carbonyl (C=O) groups excluding carboxylic acids is 1. The summed E-state index contributed by atoms with van der Waals surface area (Å²) in [5.74, 6) is 0.643. The van der Waals surface area contributed by atoms with Crippen LogP contribution in [0, 0.1) is 5.92 Å². The maximum absolute atomic E-state index is 12.5. The summed E-state index contributed by atoms with van der Waals surface area (Å²) < 4.78 is 0. The number of likely N-dealkylation sites (tertiary alicyclic amines) is 1. The molecule has 0 bridgehead atoms. The van der Waals surface area contributed by atoms with Gasteiger partial charge in [-0.25, -0.2) is 0 Å². The van der Waals surface area contributed by atoms with Gasteiger partial charge in [-0.2, -0.15) is 0 Å². The van der Waals surface area contributed by atoms with E-state index in [1.54, 1.807) is 6.07 Å². The number of carbonyl (C=O) groups is 1. The van der Waals surface area contributed by atoms with Crippen molar-refractivity contribution in [2.75, 3.05) is 13.1 Å². The highest BCUT2D eigenvalue weighted by Gasteiger charge is 2.47. The minimum atomic E-state index is 0.0967. The van der Waals surface area contributed by atoms with Gasteiger partial charge in [0.05, 0.1) is 10.0 Å². The third-order valence-electron chi connectivity index (χ3n) is 4.41. The van der Waals surface area contributed by atoms with Gasteiger partial charge in [0.1, 0.15) is 0 Å². The van der Waals surface area contributed by atoms with Gasteiger partial charge in [0.15, 0.2) is 0 Å². The fourth-order valence-corrected chi connectivity index (χ4v) is 3.47. The SMILES string of the molecule is NCC1CCCN1C(=O)C1CC1c1ccc(Cl)c(Cl)c1. The largest absolute Gasteiger partial charge is 0.338 e. The monoisotopic (exact) mass is 312 g/mol. The second-order valence-corrected chi connectivity index (χ2v) is 6.50. The molecule has 1 aliphatic carbocycles. The summed E-state index contributed by atoms with van der Waals surface area (Å²) in [5, 5.41) is 1.12. The zero-order valence-electron chi connectivity index (χ0n) is 11.2. The van der Waals surface area contributed by atoms with Crippen LogP contribution in [-0.4, -0.2) is 29.9 Å². The van der Waals surface area contributed by atoms with Gasteiger partial charge in [-0.3, -0.25) is 4.79 Å². The molecule has 1 aliphatic heterocycles. The van der Waals surface area contributed by atoms with E-state index in [0.717, 1.165) is 31.4 Å². The van der Waals surface area contributed by atoms with Crippen LogP contribution in [-0.2, 0) is 4.79 Å². The van der Waals surface area contributed by atoms with Crippen molar-refractivity contribution in [2.45, 2.75) is 31.2 Å². The fraction of sp³-hybridized carbons (Fsp3) is 0.533. The maximum Gasteiger partial charge on any atom is 0.226 e. The van der Waals surface area contributed by atoms with Gasteiger partial charge in [-0.05, 0) is 42.9 Å². The van der Waals surface area contributed by atoms with Gasteiger partial charge in [0.25, 0.3) is 0 Å². The molecule has 0 spiro atoms. The molecule has 1 saturated carbocycles. The lowest BCUT2D eigenvalue weighted by molar-refractivity contribution is -0.133. The molecule has 3 atom stereocenters. The van der Waals surface area contributed by atoms with Crippen LogP contribution in [0.3, 0.4) is 0 Å². The average Bonchev–Trinajstić information content (AvgIpc) is 3.10. The van der Waals surface area contributed by atoms with Crippen molar-refractivity contribution in [1.82, 2.24) is 4.90 Å². The number of hydrogen-bond acceptors (Lipinski definition) is 2. The number of halogens is 2. The standard InChI is InChI=1S/C15H18Cl2N2O/c16-13-4-3-9(6-14(13)17)11-7-12(11)15(20)19-5-1-2-10(19)8-18/h3-4,6,10-12H,1-2,5,7-8,18H2. The molecule has 3 rings (SSSR count). The Morgan fingerprint density at radius 3 is 2.85 bits per heavy atom. The summed E-state index contributed by atoms with van der Waals surface area (Å²) in [6.07, 6.45) is 3.01. The predicted octanol–water partition coefficient (Wildman–Crippen LogP) is 3.05. The van der Waals surface area contributed by atoms with E-state index in [2.05, 4.69) is 0 Å². The Labute approximate surface area is 129 Å². The van der Waals surface area contributed by atoms with Crippen LogP contribution in [0.15, 0.2) is 18.2 Å². The van der Waals surface area contributed by atoms with Crippen LogP contribution >= 0.6 is 23.2 Å². The smallest absolute Gasteiger partial charge is 0.226 e. The van der Waals surface area contributed by atoms with E-state index in [9.17, 15) is 4.79 Å². The Morgan fingerprint density at radius 2 is 2.15 bits per heavy atom. The van der Waals surface area contributed by atoms with E-state index in [1.165, 1.54) is 0 Å². The molecule has 20 heavy (non-hydrogen) atoms. The first-order chi connectivity index (χ1) is 9.61. The van der Waals surface area contributed by atoms with E-state index in [-0.39, 0.29) is 23.8 Å². The molecule has 5 heteroatoms. The minimum absolute atomic E-state index is 0.0967. The first-order valence-electron chi connectivity index (χ1n) is 7.07. The zero-order valence-corrected chi connectivity index (χ0v) is 12.7. The Morgan fingerprint density at radius 1 is 1.35 bits per heavy atom. The molecule has 0 aromatic heterocycles. The van der Waals surface area contributed by atoms with Crippen LogP contribution < -0.4 is 5.73 Å². The Balaban J connectivity index is 1.69. The molecule has 1 saturated heterocycles. The quantitative estimate of drug-likeness (QED) is 0.932. The van der Waals surface area contributed by atoms with Gasteiger partial charge < -0.3 is 10.6 Å². The van der Waals surface area contributed by atoms with E-state index < -0.39 is 0 Å². The van der Waals surface area contributed by atoms with Crippen molar-refractivity contribution < 1.29 is 4.79 Å². The lowest BCUT2D eigenvalue weighted by atomic mass is 10.1. The molecule has 3 unspecified atom stereocenters. The summed E-state index contributed by atoms with van der Waals surface area (Å²) in [7, 11) is 0. The topological polar surface area (TPSA) is 46.3 Å². The molecule has 108 valence electrons. The molecular weight excluding hydrogens is 295 g/mol. The second kappa shape index (κ2) is 5.55. The molecule has 2 fully saturated rings. The summed E-state index contributed by atoms with van der Waals surface area (Å²) in [4.78, 5) is 14.5. The number of rotatable bonds is 3. The summed E-state index contributed by atoms with van der Waals surface area (Å²) in [6.45, 7) is 1.42. The molecule has 0 radical (unpaired) electrons. The van der Waals surface area contributed by atoms with Crippen LogP contribution in [0.5, 0.6) is 0 Å². The first-order valence-corrected chi connectivity index (χ1v) is 7.83. The number of nitrogens with two attached hydrogens (primary N) is 1. The van der Waals surface area contributed by atoms with Crippen molar-refractivity contribution in [1.29, 1.82) is 0 Å². The number of benzene rings is 1. The Hall–Kier alpha value is -0.770. The van der Waals surface area contributed by atoms with Crippen LogP contribution in [0.1, 0.15) is 30.7 Å². The predicted molar refractivity (Wildman–Crippen MR) is 81.1 cm³/mol. The lowest BCUT2D eigenvalue weighted by Gasteiger charge is -2.23. The van der Waals surface area contributed by atoms with Crippen molar-refractivity contribution in [3.8, 4) is 0 Å². The first kappa shape index (κ1) is 14.2. The summed E-state index contributed by atoms with van der Waals surface area (Å²) in [5.41, 5.74) is 6.85. The van der Waals surface area contributed by atoms with Gasteiger partial charge >= 0.3 is 0 Å². The van der Waals surface area contributed by atoms with E-state index in [1.807, 2.05) is 17.0 Å². The molecule has 3 nitrogen and oxygen atoms in total. The molecular formula is C15H18Cl2N2O. The molecule has 1 heterocycles. The van der Waals surface area contributed by atoms with Crippen LogP contribution in [0.25, 0.3) is 0 Å². The van der Waals surface area contributed by atoms with Crippen LogP contribution in [0.4, 0.5) is 0 Å². The highest BCUT2D eigenvalue weighted by Crippen LogP contribution is 2.49. The van der Waals surface area contributed by atoms with Gasteiger partial charge in [0, 0.05) is 25.0 Å². The van der Waals surface area contributed by atoms with Crippen molar-refractivity contribution in [3.05, 3.63) is 33.8 Å². The molecule has 1 amide bonds. The Bertz CT molecular complexity index is 535. The van der Waals surface area contributed by atoms with Crippen molar-refractivity contribution >= 4 is 29.1 Å². The molecule has 1 aromatic carbocycles. The van der Waals surface area contributed by atoms with Crippen molar-refractivity contribution in [2.24, 2.45) is 11.7 Å². The second-order valence-electron chi connectivity index (χ2n) is 5.69. The van der Waals surface area contributed by atoms with E-state index in [4.69, 9.17) is 28.9 Å². The van der Waals surface area contributed by atoms with E-state index in [0.29, 0.717) is 16.6 Å². The fourth-order valence-electron chi connectivity index (χ4n) is 3.16. The molecule has 1 aromatic rings. The van der Waals surface area contributed by atoms with Gasteiger partial charge in [-0.15, -0.1) is 0 Å². The summed E-state index contributed by atoms with van der Waals surface area (Å²) in [6, 6.07) is 5.89. The third kappa shape index (κ3) is 2.54. The average molecular weight is 313 g/mol. The minimum Gasteiger partial charge on any atom is -0.338 e. The number of nitrogens with zero attached hydrogens (tertiary/aromatic N) is 1. The van der Waals surface area contributed by atoms with E-state index >= 15 is 0 Å².